The van der Waals surface area contributed by atoms with Crippen molar-refractivity contribution in [3.8, 4) is 0 Å². The molecule has 0 spiro atoms. The van der Waals surface area contributed by atoms with Crippen LogP contribution in [0.25, 0.3) is 0 Å². The molecule has 3 rings (SSSR count). The van der Waals surface area contributed by atoms with Crippen LogP contribution in [0.4, 0.5) is 10.5 Å². The Bertz CT molecular complexity index is 647. The quantitative estimate of drug-likeness (QED) is 0.844. The molecule has 0 aliphatic carbocycles. The third kappa shape index (κ3) is 3.14. The van der Waals surface area contributed by atoms with Crippen LogP contribution in [0.5, 0.6) is 0 Å². The Hall–Kier alpha value is -1.31. The fourth-order valence-electron chi connectivity index (χ4n) is 2.70. The summed E-state index contributed by atoms with van der Waals surface area (Å²) >= 11 is 5.79. The second-order valence-corrected chi connectivity index (χ2v) is 7.77. The number of nitrogens with zero attached hydrogens (tertiary/aromatic N) is 1. The fraction of sp³-hybridized carbons (Fsp3) is 0.462. The molecule has 2 unspecified atom stereocenters. The molecule has 1 aromatic carbocycles. The monoisotopic (exact) mass is 330 g/mol. The van der Waals surface area contributed by atoms with Gasteiger partial charge < -0.3 is 15.0 Å². The van der Waals surface area contributed by atoms with E-state index in [9.17, 15) is 13.2 Å². The predicted molar refractivity (Wildman–Crippen MR) is 79.4 cm³/mol. The zero-order chi connectivity index (χ0) is 15.0. The van der Waals surface area contributed by atoms with Crippen molar-refractivity contribution in [2.45, 2.75) is 12.1 Å². The molecule has 0 radical (unpaired) electrons. The molecule has 2 atom stereocenters. The first-order valence-corrected chi connectivity index (χ1v) is 8.80. The van der Waals surface area contributed by atoms with E-state index in [1.807, 2.05) is 0 Å². The molecule has 0 bridgehead atoms. The van der Waals surface area contributed by atoms with E-state index in [-0.39, 0.29) is 17.5 Å². The van der Waals surface area contributed by atoms with Gasteiger partial charge in [0.15, 0.2) is 9.84 Å². The van der Waals surface area contributed by atoms with Crippen LogP contribution in [0.2, 0.25) is 5.02 Å². The van der Waals surface area contributed by atoms with Crippen molar-refractivity contribution in [2.24, 2.45) is 0 Å². The van der Waals surface area contributed by atoms with E-state index in [1.54, 1.807) is 29.2 Å². The summed E-state index contributed by atoms with van der Waals surface area (Å²) in [6.07, 6.45) is -0.417. The average Bonchev–Trinajstić information content (AvgIpc) is 2.74. The van der Waals surface area contributed by atoms with Gasteiger partial charge in [-0.25, -0.2) is 13.2 Å². The van der Waals surface area contributed by atoms with Crippen molar-refractivity contribution in [3.05, 3.63) is 29.3 Å². The number of carbonyl (C=O) groups is 1. The number of anilines is 1. The van der Waals surface area contributed by atoms with Crippen molar-refractivity contribution < 1.29 is 17.9 Å². The maximum absolute atomic E-state index is 12.3. The number of halogens is 1. The van der Waals surface area contributed by atoms with Gasteiger partial charge in [0.1, 0.15) is 0 Å². The Morgan fingerprint density at radius 3 is 2.71 bits per heavy atom. The summed E-state index contributed by atoms with van der Waals surface area (Å²) in [4.78, 5) is 13.9. The molecule has 2 aliphatic rings. The predicted octanol–water partition coefficient (Wildman–Crippen LogP) is 1.37. The second kappa shape index (κ2) is 5.47. The number of urea groups is 1. The standard InChI is InChI=1S/C13H15ClN2O4S/c14-9-1-3-10(4-2-9)15-13(17)16-5-6-20-12-8-21(18,19)7-11(12)16/h1-4,11-12H,5-8H2,(H,15,17). The fourth-order valence-corrected chi connectivity index (χ4v) is 4.69. The lowest BCUT2D eigenvalue weighted by molar-refractivity contribution is -0.0267. The minimum absolute atomic E-state index is 0.0115. The third-order valence-corrected chi connectivity index (χ3v) is 5.63. The maximum atomic E-state index is 12.3. The molecule has 8 heteroatoms. The van der Waals surface area contributed by atoms with Crippen molar-refractivity contribution in [3.63, 3.8) is 0 Å². The average molecular weight is 331 g/mol. The molecule has 2 aliphatic heterocycles. The Morgan fingerprint density at radius 2 is 2.00 bits per heavy atom. The van der Waals surface area contributed by atoms with Gasteiger partial charge >= 0.3 is 6.03 Å². The van der Waals surface area contributed by atoms with Crippen LogP contribution in [-0.2, 0) is 14.6 Å². The smallest absolute Gasteiger partial charge is 0.322 e. The summed E-state index contributed by atoms with van der Waals surface area (Å²) in [6.45, 7) is 0.737. The maximum Gasteiger partial charge on any atom is 0.322 e. The highest BCUT2D eigenvalue weighted by atomic mass is 35.5. The van der Waals surface area contributed by atoms with Gasteiger partial charge in [-0.2, -0.15) is 0 Å². The molecule has 2 saturated heterocycles. The van der Waals surface area contributed by atoms with Crippen LogP contribution < -0.4 is 5.32 Å². The Morgan fingerprint density at radius 1 is 1.29 bits per heavy atom. The number of nitrogens with one attached hydrogen (secondary N) is 1. The van der Waals surface area contributed by atoms with E-state index in [2.05, 4.69) is 5.32 Å². The van der Waals surface area contributed by atoms with Gasteiger partial charge in [0.05, 0.1) is 30.3 Å². The van der Waals surface area contributed by atoms with E-state index in [1.165, 1.54) is 0 Å². The first kappa shape index (κ1) is 14.6. The van der Waals surface area contributed by atoms with Crippen molar-refractivity contribution in [2.75, 3.05) is 30.0 Å². The number of carbonyl (C=O) groups excluding carboxylic acids is 1. The van der Waals surface area contributed by atoms with Gasteiger partial charge in [0.25, 0.3) is 0 Å². The molecule has 0 aromatic heterocycles. The van der Waals surface area contributed by atoms with Crippen molar-refractivity contribution >= 4 is 33.2 Å². The van der Waals surface area contributed by atoms with E-state index >= 15 is 0 Å². The molecule has 1 aromatic rings. The number of morpholine rings is 1. The molecule has 2 heterocycles. The number of hydrogen-bond acceptors (Lipinski definition) is 4. The minimum Gasteiger partial charge on any atom is -0.373 e. The Labute approximate surface area is 127 Å². The lowest BCUT2D eigenvalue weighted by Gasteiger charge is -2.36. The molecule has 21 heavy (non-hydrogen) atoms. The van der Waals surface area contributed by atoms with Gasteiger partial charge in [-0.05, 0) is 24.3 Å². The van der Waals surface area contributed by atoms with E-state index < -0.39 is 22.0 Å². The summed E-state index contributed by atoms with van der Waals surface area (Å²) in [6, 6.07) is 6.04. The lowest BCUT2D eigenvalue weighted by Crippen LogP contribution is -2.54. The summed E-state index contributed by atoms with van der Waals surface area (Å²) < 4.78 is 28.9. The zero-order valence-corrected chi connectivity index (χ0v) is 12.7. The third-order valence-electron chi connectivity index (χ3n) is 3.69. The number of hydrogen-bond donors (Lipinski definition) is 1. The van der Waals surface area contributed by atoms with Crippen molar-refractivity contribution in [1.82, 2.24) is 4.90 Å². The van der Waals surface area contributed by atoms with Crippen LogP contribution in [0, 0.1) is 0 Å². The molecule has 0 saturated carbocycles. The SMILES string of the molecule is O=C(Nc1ccc(Cl)cc1)N1CCOC2CS(=O)(=O)CC21. The lowest BCUT2D eigenvalue weighted by atomic mass is 10.1. The van der Waals surface area contributed by atoms with E-state index in [4.69, 9.17) is 16.3 Å². The van der Waals surface area contributed by atoms with Gasteiger partial charge in [-0.3, -0.25) is 0 Å². The Balaban J connectivity index is 1.73. The zero-order valence-electron chi connectivity index (χ0n) is 11.2. The molecule has 114 valence electrons. The van der Waals surface area contributed by atoms with Crippen LogP contribution in [0.1, 0.15) is 0 Å². The molecule has 1 N–H and O–H groups in total. The first-order valence-electron chi connectivity index (χ1n) is 6.60. The van der Waals surface area contributed by atoms with Gasteiger partial charge in [-0.15, -0.1) is 0 Å². The normalized spacial score (nSPS) is 27.2. The number of benzene rings is 1. The number of rotatable bonds is 1. The van der Waals surface area contributed by atoms with E-state index in [0.29, 0.717) is 23.9 Å². The minimum atomic E-state index is -3.14. The van der Waals surface area contributed by atoms with Crippen LogP contribution in [0.3, 0.4) is 0 Å². The molecular formula is C13H15ClN2O4S. The Kier molecular flexibility index (Phi) is 3.81. The van der Waals surface area contributed by atoms with Crippen molar-refractivity contribution in [1.29, 1.82) is 0 Å². The molecular weight excluding hydrogens is 316 g/mol. The number of amides is 2. The summed E-state index contributed by atoms with van der Waals surface area (Å²) in [5.41, 5.74) is 0.619. The number of sulfone groups is 1. The molecule has 2 amide bonds. The molecule has 6 nitrogen and oxygen atoms in total. The highest BCUT2D eigenvalue weighted by Gasteiger charge is 2.45. The van der Waals surface area contributed by atoms with Crippen LogP contribution in [-0.4, -0.2) is 56.2 Å². The topological polar surface area (TPSA) is 75.7 Å². The largest absolute Gasteiger partial charge is 0.373 e. The van der Waals surface area contributed by atoms with Gasteiger partial charge in [0, 0.05) is 17.3 Å². The van der Waals surface area contributed by atoms with E-state index in [0.717, 1.165) is 0 Å². The summed E-state index contributed by atoms with van der Waals surface area (Å²) in [5.74, 6) is -0.0475. The number of fused-ring (bicyclic) bond motifs is 1. The summed E-state index contributed by atoms with van der Waals surface area (Å²) in [7, 11) is -3.14. The first-order chi connectivity index (χ1) is 9.94. The highest BCUT2D eigenvalue weighted by Crippen LogP contribution is 2.25. The highest BCUT2D eigenvalue weighted by molar-refractivity contribution is 7.91. The second-order valence-electron chi connectivity index (χ2n) is 5.18. The molecule has 2 fully saturated rings. The van der Waals surface area contributed by atoms with Gasteiger partial charge in [-0.1, -0.05) is 11.6 Å². The number of ether oxygens (including phenoxy) is 1. The van der Waals surface area contributed by atoms with Crippen LogP contribution >= 0.6 is 11.6 Å². The van der Waals surface area contributed by atoms with Gasteiger partial charge in [0.2, 0.25) is 0 Å². The van der Waals surface area contributed by atoms with Crippen LogP contribution in [0.15, 0.2) is 24.3 Å². The summed E-state index contributed by atoms with van der Waals surface area (Å²) in [5, 5.41) is 3.34.